The fourth-order valence-electron chi connectivity index (χ4n) is 2.82. The molecule has 1 heterocycles. The quantitative estimate of drug-likeness (QED) is 0.565. The number of carbonyl (C=O) groups is 2. The van der Waals surface area contributed by atoms with Gasteiger partial charge in [-0.25, -0.2) is 0 Å². The van der Waals surface area contributed by atoms with Crippen molar-refractivity contribution in [1.82, 2.24) is 15.1 Å². The van der Waals surface area contributed by atoms with Gasteiger partial charge in [0.05, 0.1) is 0 Å². The third-order valence-corrected chi connectivity index (χ3v) is 5.11. The predicted molar refractivity (Wildman–Crippen MR) is 118 cm³/mol. The van der Waals surface area contributed by atoms with Crippen LogP contribution >= 0.6 is 11.3 Å². The summed E-state index contributed by atoms with van der Waals surface area (Å²) in [6, 6.07) is 17.0. The Bertz CT molecular complexity index is 991. The molecule has 0 fully saturated rings. The fraction of sp³-hybridized carbons (Fsp3) is 0.273. The lowest BCUT2D eigenvalue weighted by molar-refractivity contribution is -0.136. The van der Waals surface area contributed by atoms with E-state index in [2.05, 4.69) is 15.5 Å². The Hall–Kier alpha value is -3.26. The number of rotatable bonds is 9. The van der Waals surface area contributed by atoms with E-state index in [0.717, 1.165) is 22.6 Å². The molecule has 0 aliphatic rings. The van der Waals surface area contributed by atoms with Crippen LogP contribution in [0.3, 0.4) is 0 Å². The first-order chi connectivity index (χ1) is 14.5. The van der Waals surface area contributed by atoms with Crippen molar-refractivity contribution in [2.45, 2.75) is 20.3 Å². The number of nitrogens with zero attached hydrogens (tertiary/aromatic N) is 3. The van der Waals surface area contributed by atoms with E-state index in [4.69, 9.17) is 4.74 Å². The van der Waals surface area contributed by atoms with Gasteiger partial charge in [-0.05, 0) is 31.5 Å². The third-order valence-electron chi connectivity index (χ3n) is 4.22. The van der Waals surface area contributed by atoms with Gasteiger partial charge >= 0.3 is 0 Å². The maximum Gasteiger partial charge on any atom is 0.260 e. The Kier molecular flexibility index (Phi) is 7.51. The molecule has 0 saturated heterocycles. The molecule has 3 rings (SSSR count). The Morgan fingerprint density at radius 1 is 1.10 bits per heavy atom. The molecule has 0 spiro atoms. The van der Waals surface area contributed by atoms with Crippen LogP contribution in [0.1, 0.15) is 18.9 Å². The Morgan fingerprint density at radius 2 is 1.90 bits per heavy atom. The number of nitrogens with one attached hydrogen (secondary N) is 1. The number of aromatic nitrogens is 2. The van der Waals surface area contributed by atoms with Gasteiger partial charge in [0.2, 0.25) is 11.0 Å². The van der Waals surface area contributed by atoms with Crippen LogP contribution in [0.5, 0.6) is 5.75 Å². The molecule has 0 radical (unpaired) electrons. The Balaban J connectivity index is 1.56. The van der Waals surface area contributed by atoms with Crippen molar-refractivity contribution in [3.8, 4) is 16.3 Å². The molecule has 1 aromatic heterocycles. The molecule has 2 aromatic carbocycles. The molecule has 30 heavy (non-hydrogen) atoms. The van der Waals surface area contributed by atoms with Crippen molar-refractivity contribution < 1.29 is 14.3 Å². The monoisotopic (exact) mass is 424 g/mol. The summed E-state index contributed by atoms with van der Waals surface area (Å²) in [5, 5.41) is 12.1. The van der Waals surface area contributed by atoms with Crippen molar-refractivity contribution in [3.05, 3.63) is 60.2 Å². The number of hydrogen-bond acceptors (Lipinski definition) is 6. The van der Waals surface area contributed by atoms with Crippen molar-refractivity contribution >= 4 is 28.3 Å². The van der Waals surface area contributed by atoms with Gasteiger partial charge in [0.1, 0.15) is 17.3 Å². The van der Waals surface area contributed by atoms with E-state index < -0.39 is 0 Å². The Labute approximate surface area is 179 Å². The highest BCUT2D eigenvalue weighted by Crippen LogP contribution is 2.26. The minimum absolute atomic E-state index is 0.0653. The van der Waals surface area contributed by atoms with Crippen molar-refractivity contribution in [3.63, 3.8) is 0 Å². The largest absolute Gasteiger partial charge is 0.484 e. The van der Waals surface area contributed by atoms with Gasteiger partial charge in [0.15, 0.2) is 6.61 Å². The van der Waals surface area contributed by atoms with E-state index in [9.17, 15) is 9.59 Å². The second-order valence-electron chi connectivity index (χ2n) is 6.75. The summed E-state index contributed by atoms with van der Waals surface area (Å²) >= 11 is 1.30. The maximum atomic E-state index is 12.5. The van der Waals surface area contributed by atoms with Crippen LogP contribution in [-0.4, -0.2) is 46.6 Å². The summed E-state index contributed by atoms with van der Waals surface area (Å²) in [5.74, 6) is 0.0568. The summed E-state index contributed by atoms with van der Waals surface area (Å²) in [5.41, 5.74) is 2.08. The first-order valence-electron chi connectivity index (χ1n) is 9.71. The molecule has 2 amide bonds. The number of amides is 2. The number of anilines is 1. The minimum Gasteiger partial charge on any atom is -0.484 e. The molecule has 3 aromatic rings. The lowest BCUT2D eigenvalue weighted by Gasteiger charge is -2.21. The van der Waals surface area contributed by atoms with Gasteiger partial charge in [-0.15, -0.1) is 10.2 Å². The normalized spacial score (nSPS) is 10.5. The molecule has 0 aliphatic carbocycles. The first kappa shape index (κ1) is 21.4. The molecule has 0 bridgehead atoms. The molecule has 156 valence electrons. The predicted octanol–water partition coefficient (Wildman–Crippen LogP) is 3.77. The summed E-state index contributed by atoms with van der Waals surface area (Å²) in [4.78, 5) is 26.5. The topological polar surface area (TPSA) is 84.4 Å². The summed E-state index contributed by atoms with van der Waals surface area (Å²) in [6.45, 7) is 4.25. The molecular formula is C22H24N4O3S. The van der Waals surface area contributed by atoms with E-state index in [1.54, 1.807) is 12.1 Å². The van der Waals surface area contributed by atoms with Crippen LogP contribution in [0.2, 0.25) is 0 Å². The number of carbonyl (C=O) groups excluding carboxylic acids is 2. The first-order valence-corrected chi connectivity index (χ1v) is 10.5. The zero-order valence-corrected chi connectivity index (χ0v) is 17.8. The van der Waals surface area contributed by atoms with E-state index in [0.29, 0.717) is 17.4 Å². The zero-order valence-electron chi connectivity index (χ0n) is 17.0. The summed E-state index contributed by atoms with van der Waals surface area (Å²) in [6.07, 6.45) is 0.737. The zero-order chi connectivity index (χ0) is 21.3. The SMILES string of the molecule is CCCN(CC(=O)Nc1nnc(-c2cccc(C)c2)s1)C(=O)COc1ccccc1. The lowest BCUT2D eigenvalue weighted by atomic mass is 10.1. The van der Waals surface area contributed by atoms with Crippen molar-refractivity contribution in [2.75, 3.05) is 25.0 Å². The van der Waals surface area contributed by atoms with Crippen molar-refractivity contribution in [1.29, 1.82) is 0 Å². The molecule has 0 unspecified atom stereocenters. The minimum atomic E-state index is -0.316. The summed E-state index contributed by atoms with van der Waals surface area (Å²) in [7, 11) is 0. The Morgan fingerprint density at radius 3 is 2.63 bits per heavy atom. The highest BCUT2D eigenvalue weighted by molar-refractivity contribution is 7.18. The van der Waals surface area contributed by atoms with Crippen LogP contribution < -0.4 is 10.1 Å². The van der Waals surface area contributed by atoms with Crippen LogP contribution in [0.4, 0.5) is 5.13 Å². The fourth-order valence-corrected chi connectivity index (χ4v) is 3.57. The van der Waals surface area contributed by atoms with Gasteiger partial charge in [-0.3, -0.25) is 14.9 Å². The molecular weight excluding hydrogens is 400 g/mol. The van der Waals surface area contributed by atoms with Gasteiger partial charge in [0, 0.05) is 12.1 Å². The number of hydrogen-bond donors (Lipinski definition) is 1. The van der Waals surface area contributed by atoms with Gasteiger partial charge in [0.25, 0.3) is 5.91 Å². The van der Waals surface area contributed by atoms with E-state index >= 15 is 0 Å². The van der Waals surface area contributed by atoms with E-state index in [-0.39, 0.29) is 25.0 Å². The smallest absolute Gasteiger partial charge is 0.260 e. The van der Waals surface area contributed by atoms with Gasteiger partial charge < -0.3 is 9.64 Å². The molecule has 0 saturated carbocycles. The average Bonchev–Trinajstić information content (AvgIpc) is 3.21. The number of benzene rings is 2. The average molecular weight is 425 g/mol. The number of aryl methyl sites for hydroxylation is 1. The highest BCUT2D eigenvalue weighted by atomic mass is 32.1. The third kappa shape index (κ3) is 6.12. The second kappa shape index (κ2) is 10.5. The van der Waals surface area contributed by atoms with Crippen LogP contribution in [0.25, 0.3) is 10.6 Å². The number of ether oxygens (including phenoxy) is 1. The molecule has 7 nitrogen and oxygen atoms in total. The van der Waals surface area contributed by atoms with Gasteiger partial charge in [-0.1, -0.05) is 60.2 Å². The molecule has 0 aliphatic heterocycles. The van der Waals surface area contributed by atoms with Crippen LogP contribution in [0, 0.1) is 6.92 Å². The van der Waals surface area contributed by atoms with Crippen LogP contribution in [0.15, 0.2) is 54.6 Å². The van der Waals surface area contributed by atoms with E-state index in [1.165, 1.54) is 16.2 Å². The highest BCUT2D eigenvalue weighted by Gasteiger charge is 2.18. The summed E-state index contributed by atoms with van der Waals surface area (Å²) < 4.78 is 5.51. The maximum absolute atomic E-state index is 12.5. The number of para-hydroxylation sites is 1. The van der Waals surface area contributed by atoms with Crippen LogP contribution in [-0.2, 0) is 9.59 Å². The lowest BCUT2D eigenvalue weighted by Crippen LogP contribution is -2.41. The standard InChI is InChI=1S/C22H24N4O3S/c1-3-12-26(20(28)15-29-18-10-5-4-6-11-18)14-19(27)23-22-25-24-21(30-22)17-9-7-8-16(2)13-17/h4-11,13H,3,12,14-15H2,1-2H3,(H,23,25,27). The van der Waals surface area contributed by atoms with Gasteiger partial charge in [-0.2, -0.15) is 0 Å². The molecule has 1 N–H and O–H groups in total. The molecule has 8 heteroatoms. The van der Waals surface area contributed by atoms with E-state index in [1.807, 2.05) is 56.3 Å². The second-order valence-corrected chi connectivity index (χ2v) is 7.72. The molecule has 0 atom stereocenters. The van der Waals surface area contributed by atoms with Crippen molar-refractivity contribution in [2.24, 2.45) is 0 Å².